The fourth-order valence-electron chi connectivity index (χ4n) is 1.77. The van der Waals surface area contributed by atoms with Crippen molar-refractivity contribution in [1.82, 2.24) is 20.2 Å². The number of carbonyl (C=O) groups excluding carboxylic acids is 2. The number of carbonyl (C=O) groups is 2. The van der Waals surface area contributed by atoms with Gasteiger partial charge in [0.15, 0.2) is 0 Å². The third-order valence-electron chi connectivity index (χ3n) is 2.95. The van der Waals surface area contributed by atoms with Gasteiger partial charge in [-0.05, 0) is 19.4 Å². The minimum absolute atomic E-state index is 0.247. The van der Waals surface area contributed by atoms with Gasteiger partial charge in [-0.15, -0.1) is 11.3 Å². The highest BCUT2D eigenvalue weighted by Crippen LogP contribution is 2.25. The quantitative estimate of drug-likeness (QED) is 0.845. The average molecular weight is 294 g/mol. The Morgan fingerprint density at radius 2 is 2.10 bits per heavy atom. The Morgan fingerprint density at radius 3 is 2.75 bits per heavy atom. The molecule has 0 aliphatic heterocycles. The first-order valence-electron chi connectivity index (χ1n) is 5.90. The molecule has 0 unspecified atom stereocenters. The lowest BCUT2D eigenvalue weighted by molar-refractivity contribution is -0.120. The minimum Gasteiger partial charge on any atom is -0.341 e. The van der Waals surface area contributed by atoms with Gasteiger partial charge in [-0.25, -0.2) is 9.78 Å². The first-order chi connectivity index (χ1) is 9.43. The zero-order chi connectivity index (χ0) is 14.9. The SMILES string of the molecule is CNC(=O)NC(=O)Cn1cnc2sc(C)c(C)c2c1=O. The Bertz CT molecular complexity index is 747. The summed E-state index contributed by atoms with van der Waals surface area (Å²) in [6.07, 6.45) is 1.32. The number of amides is 3. The van der Waals surface area contributed by atoms with Crippen molar-refractivity contribution in [1.29, 1.82) is 0 Å². The van der Waals surface area contributed by atoms with E-state index in [1.807, 2.05) is 13.8 Å². The summed E-state index contributed by atoms with van der Waals surface area (Å²) in [5.41, 5.74) is 0.604. The molecule has 0 aliphatic carbocycles. The Balaban J connectivity index is 2.34. The Hall–Kier alpha value is -2.22. The van der Waals surface area contributed by atoms with E-state index in [1.165, 1.54) is 29.3 Å². The second-order valence-corrected chi connectivity index (χ2v) is 5.47. The van der Waals surface area contributed by atoms with Crippen molar-refractivity contribution in [2.45, 2.75) is 20.4 Å². The molecule has 2 rings (SSSR count). The molecule has 0 aliphatic rings. The molecule has 2 aromatic rings. The lowest BCUT2D eigenvalue weighted by Gasteiger charge is -2.05. The number of imide groups is 1. The lowest BCUT2D eigenvalue weighted by Crippen LogP contribution is -2.40. The molecule has 2 heterocycles. The summed E-state index contributed by atoms with van der Waals surface area (Å²) >= 11 is 1.45. The number of urea groups is 1. The summed E-state index contributed by atoms with van der Waals surface area (Å²) in [4.78, 5) is 40.8. The van der Waals surface area contributed by atoms with E-state index in [2.05, 4.69) is 15.6 Å². The molecule has 0 saturated carbocycles. The molecule has 0 bridgehead atoms. The minimum atomic E-state index is -0.611. The van der Waals surface area contributed by atoms with E-state index in [4.69, 9.17) is 0 Å². The van der Waals surface area contributed by atoms with Crippen LogP contribution in [0.1, 0.15) is 10.4 Å². The third kappa shape index (κ3) is 2.55. The van der Waals surface area contributed by atoms with Crippen molar-refractivity contribution in [2.24, 2.45) is 0 Å². The molecule has 0 aromatic carbocycles. The van der Waals surface area contributed by atoms with Gasteiger partial charge in [-0.1, -0.05) is 0 Å². The van der Waals surface area contributed by atoms with Gasteiger partial charge in [-0.3, -0.25) is 19.5 Å². The standard InChI is InChI=1S/C12H14N4O3S/c1-6-7(2)20-10-9(6)11(18)16(5-14-10)4-8(17)15-12(19)13-3/h5H,4H2,1-3H3,(H2,13,15,17,19). The van der Waals surface area contributed by atoms with Crippen LogP contribution in [0.15, 0.2) is 11.1 Å². The topological polar surface area (TPSA) is 93.1 Å². The monoisotopic (exact) mass is 294 g/mol. The van der Waals surface area contributed by atoms with Gasteiger partial charge in [0.05, 0.1) is 11.7 Å². The van der Waals surface area contributed by atoms with Crippen LogP contribution in [0.25, 0.3) is 10.2 Å². The molecule has 2 N–H and O–H groups in total. The number of rotatable bonds is 2. The van der Waals surface area contributed by atoms with Crippen LogP contribution in [-0.2, 0) is 11.3 Å². The van der Waals surface area contributed by atoms with E-state index in [0.29, 0.717) is 10.2 Å². The second kappa shape index (κ2) is 5.41. The first kappa shape index (κ1) is 14.2. The average Bonchev–Trinajstić information content (AvgIpc) is 2.69. The maximum Gasteiger partial charge on any atom is 0.321 e. The highest BCUT2D eigenvalue weighted by atomic mass is 32.1. The van der Waals surface area contributed by atoms with E-state index < -0.39 is 11.9 Å². The summed E-state index contributed by atoms with van der Waals surface area (Å²) in [6.45, 7) is 3.53. The summed E-state index contributed by atoms with van der Waals surface area (Å²) in [7, 11) is 1.40. The van der Waals surface area contributed by atoms with Crippen molar-refractivity contribution in [2.75, 3.05) is 7.05 Å². The molecule has 2 aromatic heterocycles. The maximum absolute atomic E-state index is 12.3. The van der Waals surface area contributed by atoms with E-state index in [1.54, 1.807) is 0 Å². The fraction of sp³-hybridized carbons (Fsp3) is 0.333. The highest BCUT2D eigenvalue weighted by molar-refractivity contribution is 7.18. The summed E-state index contributed by atoms with van der Waals surface area (Å²) in [5.74, 6) is -0.572. The molecule has 3 amide bonds. The van der Waals surface area contributed by atoms with Gasteiger partial charge in [-0.2, -0.15) is 0 Å². The van der Waals surface area contributed by atoms with Gasteiger partial charge in [0.1, 0.15) is 11.4 Å². The van der Waals surface area contributed by atoms with E-state index in [0.717, 1.165) is 10.4 Å². The summed E-state index contributed by atoms with van der Waals surface area (Å²) in [6, 6.07) is -0.611. The van der Waals surface area contributed by atoms with Crippen LogP contribution in [-0.4, -0.2) is 28.5 Å². The summed E-state index contributed by atoms with van der Waals surface area (Å²) in [5, 5.41) is 4.90. The number of nitrogens with one attached hydrogen (secondary N) is 2. The van der Waals surface area contributed by atoms with Crippen LogP contribution < -0.4 is 16.2 Å². The number of fused-ring (bicyclic) bond motifs is 1. The molecular weight excluding hydrogens is 280 g/mol. The zero-order valence-electron chi connectivity index (χ0n) is 11.3. The molecule has 8 heteroatoms. The van der Waals surface area contributed by atoms with Gasteiger partial charge >= 0.3 is 6.03 Å². The molecule has 20 heavy (non-hydrogen) atoms. The van der Waals surface area contributed by atoms with Gasteiger partial charge in [0, 0.05) is 11.9 Å². The van der Waals surface area contributed by atoms with Crippen LogP contribution in [0, 0.1) is 13.8 Å². The maximum atomic E-state index is 12.3. The lowest BCUT2D eigenvalue weighted by atomic mass is 10.2. The number of aryl methyl sites for hydroxylation is 2. The third-order valence-corrected chi connectivity index (χ3v) is 4.07. The molecule has 7 nitrogen and oxygen atoms in total. The smallest absolute Gasteiger partial charge is 0.321 e. The fourth-order valence-corrected chi connectivity index (χ4v) is 2.75. The van der Waals surface area contributed by atoms with Crippen LogP contribution in [0.4, 0.5) is 4.79 Å². The van der Waals surface area contributed by atoms with Crippen LogP contribution >= 0.6 is 11.3 Å². The predicted molar refractivity (Wildman–Crippen MR) is 76.0 cm³/mol. The van der Waals surface area contributed by atoms with Crippen molar-refractivity contribution in [3.63, 3.8) is 0 Å². The number of hydrogen-bond acceptors (Lipinski definition) is 5. The number of thiophene rings is 1. The number of nitrogens with zero attached hydrogens (tertiary/aromatic N) is 2. The van der Waals surface area contributed by atoms with Gasteiger partial charge < -0.3 is 5.32 Å². The van der Waals surface area contributed by atoms with E-state index in [-0.39, 0.29) is 12.1 Å². The van der Waals surface area contributed by atoms with E-state index >= 15 is 0 Å². The van der Waals surface area contributed by atoms with Crippen molar-refractivity contribution in [3.8, 4) is 0 Å². The molecule has 106 valence electrons. The second-order valence-electron chi connectivity index (χ2n) is 4.27. The molecule has 0 saturated heterocycles. The number of aromatic nitrogens is 2. The highest BCUT2D eigenvalue weighted by Gasteiger charge is 2.14. The molecule has 0 radical (unpaired) electrons. The van der Waals surface area contributed by atoms with Crippen LogP contribution in [0.3, 0.4) is 0 Å². The molecular formula is C12H14N4O3S. The zero-order valence-corrected chi connectivity index (χ0v) is 12.1. The van der Waals surface area contributed by atoms with Crippen LogP contribution in [0.5, 0.6) is 0 Å². The van der Waals surface area contributed by atoms with Crippen LogP contribution in [0.2, 0.25) is 0 Å². The van der Waals surface area contributed by atoms with Crippen molar-refractivity contribution < 1.29 is 9.59 Å². The predicted octanol–water partition coefficient (Wildman–Crippen LogP) is 0.530. The van der Waals surface area contributed by atoms with Gasteiger partial charge in [0.2, 0.25) is 5.91 Å². The molecule has 0 atom stereocenters. The molecule has 0 spiro atoms. The number of hydrogen-bond donors (Lipinski definition) is 2. The Kier molecular flexibility index (Phi) is 3.84. The first-order valence-corrected chi connectivity index (χ1v) is 6.72. The Morgan fingerprint density at radius 1 is 1.40 bits per heavy atom. The normalized spacial score (nSPS) is 10.6. The Labute approximate surface area is 118 Å². The molecule has 0 fully saturated rings. The van der Waals surface area contributed by atoms with Crippen molar-refractivity contribution >= 4 is 33.5 Å². The van der Waals surface area contributed by atoms with Gasteiger partial charge in [0.25, 0.3) is 5.56 Å². The van der Waals surface area contributed by atoms with Crippen molar-refractivity contribution in [3.05, 3.63) is 27.1 Å². The largest absolute Gasteiger partial charge is 0.341 e. The van der Waals surface area contributed by atoms with E-state index in [9.17, 15) is 14.4 Å². The summed E-state index contributed by atoms with van der Waals surface area (Å²) < 4.78 is 1.19.